The largest absolute Gasteiger partial charge is 0.347 e. The first-order valence-electron chi connectivity index (χ1n) is 8.77. The number of nitrogens with zero attached hydrogens (tertiary/aromatic N) is 5. The van der Waals surface area contributed by atoms with Crippen LogP contribution in [-0.2, 0) is 16.6 Å². The summed E-state index contributed by atoms with van der Waals surface area (Å²) in [5.74, 6) is 1.47. The van der Waals surface area contributed by atoms with Crippen LogP contribution in [0.5, 0.6) is 0 Å². The van der Waals surface area contributed by atoms with Crippen molar-refractivity contribution >= 4 is 33.5 Å². The van der Waals surface area contributed by atoms with Gasteiger partial charge in [0.2, 0.25) is 21.9 Å². The zero-order chi connectivity index (χ0) is 19.4. The third-order valence-corrected chi connectivity index (χ3v) is 5.86. The fourth-order valence-electron chi connectivity index (χ4n) is 2.79. The second-order valence-corrected chi connectivity index (χ2v) is 8.78. The first-order chi connectivity index (χ1) is 12.8. The Morgan fingerprint density at radius 2 is 1.89 bits per heavy atom. The molecule has 0 atom stereocenters. The van der Waals surface area contributed by atoms with Crippen molar-refractivity contribution in [2.75, 3.05) is 37.0 Å². The van der Waals surface area contributed by atoms with Crippen molar-refractivity contribution in [1.29, 1.82) is 0 Å². The quantitative estimate of drug-likeness (QED) is 0.779. The van der Waals surface area contributed by atoms with Crippen LogP contribution >= 0.6 is 11.6 Å². The zero-order valence-electron chi connectivity index (χ0n) is 15.4. The number of halogens is 1. The van der Waals surface area contributed by atoms with Crippen molar-refractivity contribution in [2.45, 2.75) is 30.7 Å². The summed E-state index contributed by atoms with van der Waals surface area (Å²) in [7, 11) is -0.0289. The Labute approximate surface area is 164 Å². The molecule has 1 saturated heterocycles. The van der Waals surface area contributed by atoms with Crippen molar-refractivity contribution in [1.82, 2.24) is 19.7 Å². The van der Waals surface area contributed by atoms with Crippen LogP contribution < -0.4 is 14.5 Å². The molecule has 0 saturated carbocycles. The number of hydrogen-bond acceptors (Lipinski definition) is 7. The summed E-state index contributed by atoms with van der Waals surface area (Å²) >= 11 is 5.89. The van der Waals surface area contributed by atoms with Gasteiger partial charge in [0.05, 0.1) is 11.4 Å². The van der Waals surface area contributed by atoms with Crippen LogP contribution in [0.1, 0.15) is 25.1 Å². The second-order valence-electron chi connectivity index (χ2n) is 6.58. The van der Waals surface area contributed by atoms with E-state index in [1.54, 1.807) is 17.0 Å². The molecule has 1 aliphatic rings. The molecule has 2 heterocycles. The van der Waals surface area contributed by atoms with Gasteiger partial charge in [-0.05, 0) is 37.5 Å². The number of anilines is 2. The lowest BCUT2D eigenvalue weighted by Gasteiger charge is -2.27. The van der Waals surface area contributed by atoms with Crippen molar-refractivity contribution in [3.05, 3.63) is 35.1 Å². The number of sulfonamides is 1. The SMILES string of the molecule is CN(C)c1nc(CNS(=O)(=O)c2cccc(Cl)c2)nc(N2CCCCC2)n1. The molecule has 1 fully saturated rings. The molecule has 10 heteroatoms. The first-order valence-corrected chi connectivity index (χ1v) is 10.6. The van der Waals surface area contributed by atoms with E-state index in [-0.39, 0.29) is 11.4 Å². The zero-order valence-corrected chi connectivity index (χ0v) is 17.0. The summed E-state index contributed by atoms with van der Waals surface area (Å²) in [5.41, 5.74) is 0. The summed E-state index contributed by atoms with van der Waals surface area (Å²) in [4.78, 5) is 17.4. The molecule has 8 nitrogen and oxygen atoms in total. The van der Waals surface area contributed by atoms with Crippen LogP contribution in [0.3, 0.4) is 0 Å². The third-order valence-electron chi connectivity index (χ3n) is 4.22. The Bertz CT molecular complexity index is 900. The number of piperidine rings is 1. The highest BCUT2D eigenvalue weighted by molar-refractivity contribution is 7.89. The summed E-state index contributed by atoms with van der Waals surface area (Å²) in [5, 5.41) is 0.361. The standard InChI is InChI=1S/C17H23ClN6O2S/c1-23(2)16-20-15(21-17(22-16)24-9-4-3-5-10-24)12-19-27(25,26)14-8-6-7-13(18)11-14/h6-8,11,19H,3-5,9-10,12H2,1-2H3. The van der Waals surface area contributed by atoms with E-state index in [1.807, 2.05) is 14.1 Å². The molecule has 27 heavy (non-hydrogen) atoms. The lowest BCUT2D eigenvalue weighted by atomic mass is 10.1. The second kappa shape index (κ2) is 8.37. The summed E-state index contributed by atoms with van der Waals surface area (Å²) in [6.45, 7) is 1.76. The smallest absolute Gasteiger partial charge is 0.241 e. The van der Waals surface area contributed by atoms with E-state index in [2.05, 4.69) is 24.6 Å². The van der Waals surface area contributed by atoms with E-state index in [4.69, 9.17) is 11.6 Å². The molecule has 0 aliphatic carbocycles. The maximum atomic E-state index is 12.5. The van der Waals surface area contributed by atoms with Gasteiger partial charge >= 0.3 is 0 Å². The Hall–Kier alpha value is -1.97. The van der Waals surface area contributed by atoms with Gasteiger partial charge in [0.1, 0.15) is 0 Å². The van der Waals surface area contributed by atoms with Crippen molar-refractivity contribution in [3.63, 3.8) is 0 Å². The molecule has 1 aromatic heterocycles. The fourth-order valence-corrected chi connectivity index (χ4v) is 4.07. The molecule has 146 valence electrons. The van der Waals surface area contributed by atoms with Crippen LogP contribution in [-0.4, -0.2) is 50.6 Å². The molecule has 3 rings (SSSR count). The fraction of sp³-hybridized carbons (Fsp3) is 0.471. The van der Waals surface area contributed by atoms with Gasteiger partial charge in [-0.15, -0.1) is 0 Å². The predicted molar refractivity (Wildman–Crippen MR) is 106 cm³/mol. The topological polar surface area (TPSA) is 91.3 Å². The van der Waals surface area contributed by atoms with Gasteiger partial charge < -0.3 is 9.80 Å². The minimum absolute atomic E-state index is 0.0287. The number of benzene rings is 1. The lowest BCUT2D eigenvalue weighted by Crippen LogP contribution is -2.33. The number of hydrogen-bond donors (Lipinski definition) is 1. The van der Waals surface area contributed by atoms with Gasteiger partial charge in [-0.2, -0.15) is 15.0 Å². The van der Waals surface area contributed by atoms with Crippen LogP contribution in [0.25, 0.3) is 0 Å². The summed E-state index contributed by atoms with van der Waals surface area (Å²) in [6.07, 6.45) is 3.40. The maximum Gasteiger partial charge on any atom is 0.241 e. The molecular formula is C17H23ClN6O2S. The van der Waals surface area contributed by atoms with Gasteiger partial charge in [-0.25, -0.2) is 13.1 Å². The lowest BCUT2D eigenvalue weighted by molar-refractivity contribution is 0.563. The number of nitrogens with one attached hydrogen (secondary N) is 1. The van der Waals surface area contributed by atoms with E-state index in [9.17, 15) is 8.42 Å². The monoisotopic (exact) mass is 410 g/mol. The number of aromatic nitrogens is 3. The van der Waals surface area contributed by atoms with Gasteiger partial charge in [-0.1, -0.05) is 17.7 Å². The van der Waals surface area contributed by atoms with Gasteiger partial charge in [0, 0.05) is 32.2 Å². The van der Waals surface area contributed by atoms with Crippen LogP contribution in [0.15, 0.2) is 29.2 Å². The molecule has 0 bridgehead atoms. The molecule has 0 amide bonds. The molecule has 1 aliphatic heterocycles. The Morgan fingerprint density at radius 3 is 2.56 bits per heavy atom. The van der Waals surface area contributed by atoms with E-state index in [1.165, 1.54) is 18.6 Å². The Morgan fingerprint density at radius 1 is 1.15 bits per heavy atom. The molecule has 0 unspecified atom stereocenters. The minimum Gasteiger partial charge on any atom is -0.347 e. The maximum absolute atomic E-state index is 12.5. The Kier molecular flexibility index (Phi) is 6.13. The average molecular weight is 411 g/mol. The molecule has 1 N–H and O–H groups in total. The van der Waals surface area contributed by atoms with E-state index < -0.39 is 10.0 Å². The highest BCUT2D eigenvalue weighted by Gasteiger charge is 2.19. The van der Waals surface area contributed by atoms with E-state index in [0.29, 0.717) is 22.7 Å². The van der Waals surface area contributed by atoms with Crippen molar-refractivity contribution in [3.8, 4) is 0 Å². The number of rotatable bonds is 6. The normalized spacial score (nSPS) is 15.0. The molecule has 1 aromatic carbocycles. The van der Waals surface area contributed by atoms with Gasteiger partial charge in [0.15, 0.2) is 5.82 Å². The highest BCUT2D eigenvalue weighted by Crippen LogP contribution is 2.19. The van der Waals surface area contributed by atoms with Crippen LogP contribution in [0.4, 0.5) is 11.9 Å². The van der Waals surface area contributed by atoms with Crippen molar-refractivity contribution < 1.29 is 8.42 Å². The highest BCUT2D eigenvalue weighted by atomic mass is 35.5. The average Bonchev–Trinajstić information content (AvgIpc) is 2.67. The molecule has 2 aromatic rings. The van der Waals surface area contributed by atoms with Gasteiger partial charge in [-0.3, -0.25) is 0 Å². The summed E-state index contributed by atoms with van der Waals surface area (Å²) in [6, 6.07) is 6.12. The van der Waals surface area contributed by atoms with Crippen molar-refractivity contribution in [2.24, 2.45) is 0 Å². The Balaban J connectivity index is 1.82. The van der Waals surface area contributed by atoms with Crippen LogP contribution in [0.2, 0.25) is 5.02 Å². The molecule has 0 radical (unpaired) electrons. The third kappa shape index (κ3) is 5.06. The van der Waals surface area contributed by atoms with E-state index in [0.717, 1.165) is 25.9 Å². The predicted octanol–water partition coefficient (Wildman–Crippen LogP) is 2.06. The minimum atomic E-state index is -3.71. The molecular weight excluding hydrogens is 388 g/mol. The van der Waals surface area contributed by atoms with Crippen LogP contribution in [0, 0.1) is 0 Å². The first kappa shape index (κ1) is 19.8. The van der Waals surface area contributed by atoms with E-state index >= 15 is 0 Å². The molecule has 0 spiro atoms. The summed E-state index contributed by atoms with van der Waals surface area (Å²) < 4.78 is 27.5. The van der Waals surface area contributed by atoms with Gasteiger partial charge in [0.25, 0.3) is 0 Å².